The van der Waals surface area contributed by atoms with Gasteiger partial charge in [0.05, 0.1) is 10.6 Å². The number of sulfonamides is 1. The zero-order valence-electron chi connectivity index (χ0n) is 10.5. The van der Waals surface area contributed by atoms with E-state index in [2.05, 4.69) is 25.6 Å². The molecule has 0 saturated carbocycles. The van der Waals surface area contributed by atoms with Crippen LogP contribution in [0.4, 0.5) is 5.13 Å². The summed E-state index contributed by atoms with van der Waals surface area (Å²) in [4.78, 5) is 5.54. The first-order valence-electron chi connectivity index (χ1n) is 5.67. The monoisotopic (exact) mass is 360 g/mol. The van der Waals surface area contributed by atoms with Crippen LogP contribution in [-0.4, -0.2) is 13.4 Å². The van der Waals surface area contributed by atoms with E-state index in [1.165, 1.54) is 11.3 Å². The van der Waals surface area contributed by atoms with E-state index in [1.807, 2.05) is 13.8 Å². The number of nitrogens with one attached hydrogen (secondary N) is 1. The number of nitrogens with zero attached hydrogens (tertiary/aromatic N) is 1. The van der Waals surface area contributed by atoms with E-state index in [-0.39, 0.29) is 4.90 Å². The molecule has 0 spiro atoms. The Kier molecular flexibility index (Phi) is 4.27. The number of hydrogen-bond acceptors (Lipinski definition) is 4. The van der Waals surface area contributed by atoms with Gasteiger partial charge in [0.2, 0.25) is 0 Å². The van der Waals surface area contributed by atoms with Gasteiger partial charge in [0.15, 0.2) is 5.13 Å². The summed E-state index contributed by atoms with van der Waals surface area (Å²) in [6.07, 6.45) is 0.794. The number of rotatable bonds is 4. The van der Waals surface area contributed by atoms with Gasteiger partial charge in [-0.3, -0.25) is 4.72 Å². The number of thiazole rings is 1. The lowest BCUT2D eigenvalue weighted by molar-refractivity contribution is 0.601. The summed E-state index contributed by atoms with van der Waals surface area (Å²) in [7, 11) is -3.56. The van der Waals surface area contributed by atoms with Crippen molar-refractivity contribution in [2.24, 2.45) is 0 Å². The molecule has 0 aliphatic rings. The second-order valence-corrected chi connectivity index (χ2v) is 7.74. The van der Waals surface area contributed by atoms with E-state index < -0.39 is 10.0 Å². The van der Waals surface area contributed by atoms with E-state index in [4.69, 9.17) is 0 Å². The Morgan fingerprint density at radius 1 is 1.32 bits per heavy atom. The van der Waals surface area contributed by atoms with Gasteiger partial charge >= 0.3 is 0 Å². The van der Waals surface area contributed by atoms with E-state index in [0.717, 1.165) is 21.5 Å². The number of hydrogen-bond donors (Lipinski definition) is 1. The van der Waals surface area contributed by atoms with E-state index in [0.29, 0.717) is 5.13 Å². The summed E-state index contributed by atoms with van der Waals surface area (Å²) in [5.41, 5.74) is 0.929. The first-order valence-corrected chi connectivity index (χ1v) is 8.76. The van der Waals surface area contributed by atoms with Crippen LogP contribution in [0.15, 0.2) is 33.6 Å². The van der Waals surface area contributed by atoms with Gasteiger partial charge in [0.1, 0.15) is 0 Å². The van der Waals surface area contributed by atoms with Crippen molar-refractivity contribution in [3.63, 3.8) is 0 Å². The molecule has 0 aliphatic carbocycles. The van der Waals surface area contributed by atoms with Crippen molar-refractivity contribution in [1.82, 2.24) is 4.98 Å². The second kappa shape index (κ2) is 5.60. The van der Waals surface area contributed by atoms with Gasteiger partial charge in [-0.05, 0) is 37.6 Å². The highest BCUT2D eigenvalue weighted by Gasteiger charge is 2.16. The molecule has 7 heteroatoms. The molecule has 1 aromatic carbocycles. The number of anilines is 1. The average molecular weight is 361 g/mol. The second-order valence-electron chi connectivity index (χ2n) is 3.93. The van der Waals surface area contributed by atoms with Gasteiger partial charge in [-0.15, -0.1) is 11.3 Å². The number of benzene rings is 1. The lowest BCUT2D eigenvalue weighted by Gasteiger charge is -2.04. The van der Waals surface area contributed by atoms with Gasteiger partial charge in [-0.2, -0.15) is 0 Å². The molecule has 1 N–H and O–H groups in total. The van der Waals surface area contributed by atoms with Crippen LogP contribution >= 0.6 is 27.3 Å². The van der Waals surface area contributed by atoms with Crippen LogP contribution in [0.3, 0.4) is 0 Å². The molecule has 2 aromatic rings. The minimum absolute atomic E-state index is 0.224. The van der Waals surface area contributed by atoms with Crippen molar-refractivity contribution in [2.45, 2.75) is 25.2 Å². The average Bonchev–Trinajstić information content (AvgIpc) is 2.69. The van der Waals surface area contributed by atoms with Gasteiger partial charge in [-0.25, -0.2) is 13.4 Å². The third-order valence-electron chi connectivity index (χ3n) is 2.57. The lowest BCUT2D eigenvalue weighted by atomic mass is 10.3. The zero-order valence-corrected chi connectivity index (χ0v) is 13.7. The molecule has 4 nitrogen and oxygen atoms in total. The van der Waals surface area contributed by atoms with Crippen LogP contribution in [0.25, 0.3) is 0 Å². The molecule has 0 amide bonds. The Labute approximate surface area is 125 Å². The van der Waals surface area contributed by atoms with Crippen LogP contribution < -0.4 is 4.72 Å². The van der Waals surface area contributed by atoms with Crippen LogP contribution in [0.1, 0.15) is 17.5 Å². The first-order chi connectivity index (χ1) is 8.92. The molecule has 19 heavy (non-hydrogen) atoms. The van der Waals surface area contributed by atoms with Crippen molar-refractivity contribution in [3.8, 4) is 0 Å². The lowest BCUT2D eigenvalue weighted by Crippen LogP contribution is -2.12. The van der Waals surface area contributed by atoms with Gasteiger partial charge in [0, 0.05) is 9.35 Å². The molecular weight excluding hydrogens is 348 g/mol. The molecule has 0 unspecified atom stereocenters. The third kappa shape index (κ3) is 3.34. The number of halogens is 1. The van der Waals surface area contributed by atoms with Crippen molar-refractivity contribution in [3.05, 3.63) is 39.3 Å². The van der Waals surface area contributed by atoms with Crippen LogP contribution in [-0.2, 0) is 16.4 Å². The summed E-state index contributed by atoms with van der Waals surface area (Å²) in [5.74, 6) is 0. The van der Waals surface area contributed by atoms with Crippen LogP contribution in [0.5, 0.6) is 0 Å². The fourth-order valence-corrected chi connectivity index (χ4v) is 3.99. The predicted molar refractivity (Wildman–Crippen MR) is 81.2 cm³/mol. The molecule has 0 aliphatic heterocycles. The Morgan fingerprint density at radius 2 is 1.95 bits per heavy atom. The van der Waals surface area contributed by atoms with Crippen LogP contribution in [0.2, 0.25) is 0 Å². The SMILES string of the molecule is CCc1nc(NS(=O)(=O)c2ccc(Br)cc2)sc1C. The van der Waals surface area contributed by atoms with E-state index >= 15 is 0 Å². The maximum absolute atomic E-state index is 12.2. The molecule has 0 radical (unpaired) electrons. The largest absolute Gasteiger partial charge is 0.263 e. The van der Waals surface area contributed by atoms with Crippen molar-refractivity contribution < 1.29 is 8.42 Å². The number of aromatic nitrogens is 1. The van der Waals surface area contributed by atoms with E-state index in [9.17, 15) is 8.42 Å². The molecule has 102 valence electrons. The molecule has 1 heterocycles. The molecule has 0 bridgehead atoms. The summed E-state index contributed by atoms with van der Waals surface area (Å²) >= 11 is 4.63. The van der Waals surface area contributed by atoms with Gasteiger partial charge in [-0.1, -0.05) is 22.9 Å². The minimum Gasteiger partial charge on any atom is -0.255 e. The first kappa shape index (κ1) is 14.5. The maximum Gasteiger partial charge on any atom is 0.263 e. The Bertz CT molecular complexity index is 678. The summed E-state index contributed by atoms with van der Waals surface area (Å²) in [6, 6.07) is 6.49. The zero-order chi connectivity index (χ0) is 14.0. The minimum atomic E-state index is -3.56. The van der Waals surface area contributed by atoms with Crippen molar-refractivity contribution in [2.75, 3.05) is 4.72 Å². The van der Waals surface area contributed by atoms with Gasteiger partial charge < -0.3 is 0 Å². The molecule has 2 rings (SSSR count). The maximum atomic E-state index is 12.2. The summed E-state index contributed by atoms with van der Waals surface area (Å²) in [6.45, 7) is 3.93. The molecule has 0 fully saturated rings. The highest BCUT2D eigenvalue weighted by molar-refractivity contribution is 9.10. The summed E-state index contributed by atoms with van der Waals surface area (Å²) in [5, 5.41) is 0.414. The Morgan fingerprint density at radius 3 is 2.47 bits per heavy atom. The predicted octanol–water partition coefficient (Wildman–Crippen LogP) is 3.58. The van der Waals surface area contributed by atoms with Crippen molar-refractivity contribution in [1.29, 1.82) is 0 Å². The van der Waals surface area contributed by atoms with Crippen LogP contribution in [0, 0.1) is 6.92 Å². The highest BCUT2D eigenvalue weighted by atomic mass is 79.9. The standard InChI is InChI=1S/C12H13BrN2O2S2/c1-3-11-8(2)18-12(14-11)15-19(16,17)10-6-4-9(13)5-7-10/h4-7H,3H2,1-2H3,(H,14,15). The Hall–Kier alpha value is -0.920. The molecular formula is C12H13BrN2O2S2. The quantitative estimate of drug-likeness (QED) is 0.906. The smallest absolute Gasteiger partial charge is 0.255 e. The summed E-state index contributed by atoms with van der Waals surface area (Å²) < 4.78 is 27.7. The van der Waals surface area contributed by atoms with E-state index in [1.54, 1.807) is 24.3 Å². The number of aryl methyl sites for hydroxylation is 2. The molecule has 0 atom stereocenters. The van der Waals surface area contributed by atoms with Gasteiger partial charge in [0.25, 0.3) is 10.0 Å². The fourth-order valence-electron chi connectivity index (χ4n) is 1.59. The normalized spacial score (nSPS) is 11.5. The topological polar surface area (TPSA) is 59.1 Å². The molecule has 1 aromatic heterocycles. The highest BCUT2D eigenvalue weighted by Crippen LogP contribution is 2.25. The van der Waals surface area contributed by atoms with Crippen molar-refractivity contribution >= 4 is 42.4 Å². The third-order valence-corrected chi connectivity index (χ3v) is 5.51. The fraction of sp³-hybridized carbons (Fsp3) is 0.250. The molecule has 0 saturated heterocycles. The Balaban J connectivity index is 2.28.